The van der Waals surface area contributed by atoms with Gasteiger partial charge in [-0.15, -0.1) is 0 Å². The highest BCUT2D eigenvalue weighted by Gasteiger charge is 2.70. The van der Waals surface area contributed by atoms with Crippen molar-refractivity contribution in [1.82, 2.24) is 4.90 Å². The van der Waals surface area contributed by atoms with E-state index in [2.05, 4.69) is 48.5 Å². The summed E-state index contributed by atoms with van der Waals surface area (Å²) in [6.07, 6.45) is 9.30. The van der Waals surface area contributed by atoms with Gasteiger partial charge in [0.2, 0.25) is 0 Å². The van der Waals surface area contributed by atoms with Crippen LogP contribution in [-0.4, -0.2) is 53.3 Å². The lowest BCUT2D eigenvalue weighted by molar-refractivity contribution is -0.233. The lowest BCUT2D eigenvalue weighted by Gasteiger charge is -2.72. The Morgan fingerprint density at radius 1 is 0.904 bits per heavy atom. The molecule has 0 aliphatic heterocycles. The molecule has 7 heteroatoms. The number of aliphatic carboxylic acids is 1. The Hall–Kier alpha value is -2.96. The van der Waals surface area contributed by atoms with Crippen LogP contribution in [0.3, 0.4) is 0 Å². The van der Waals surface area contributed by atoms with Crippen molar-refractivity contribution in [2.75, 3.05) is 13.6 Å². The van der Waals surface area contributed by atoms with Gasteiger partial charge in [-0.3, -0.25) is 19.2 Å². The van der Waals surface area contributed by atoms with Crippen molar-refractivity contribution in [2.24, 2.45) is 56.2 Å². The third kappa shape index (κ3) is 5.90. The van der Waals surface area contributed by atoms with Crippen molar-refractivity contribution < 1.29 is 29.0 Å². The molecule has 7 nitrogen and oxygen atoms in total. The molecule has 2 unspecified atom stereocenters. The van der Waals surface area contributed by atoms with Gasteiger partial charge in [0.05, 0.1) is 11.8 Å². The SMILES string of the molecule is CC(C)C1=C2[C@H]3CCC4[C@@]5(C)CC[C@H](OC(=O)CC(C)(C)C(=O)O)C(C)(C)C5CC[C@@]4(C)[C@]3(C)CC[C@@]2(CCN(C)C(=O)c2ccccc2)CC1=O. The van der Waals surface area contributed by atoms with E-state index in [0.29, 0.717) is 42.1 Å². The number of carboxylic acids is 1. The van der Waals surface area contributed by atoms with Gasteiger partial charge in [-0.05, 0) is 129 Å². The van der Waals surface area contributed by atoms with Crippen LogP contribution >= 0.6 is 0 Å². The highest BCUT2D eigenvalue weighted by Crippen LogP contribution is 2.77. The molecule has 0 saturated heterocycles. The maximum Gasteiger partial charge on any atom is 0.309 e. The van der Waals surface area contributed by atoms with Crippen LogP contribution in [0, 0.1) is 56.2 Å². The van der Waals surface area contributed by atoms with Gasteiger partial charge in [-0.2, -0.15) is 0 Å². The number of carboxylic acid groups (broad SMARTS) is 1. The first-order valence-corrected chi connectivity index (χ1v) is 20.2. The molecule has 5 aliphatic carbocycles. The summed E-state index contributed by atoms with van der Waals surface area (Å²) in [6.45, 7) is 20.4. The summed E-state index contributed by atoms with van der Waals surface area (Å²) < 4.78 is 6.17. The van der Waals surface area contributed by atoms with Crippen molar-refractivity contribution in [3.63, 3.8) is 0 Å². The van der Waals surface area contributed by atoms with E-state index in [1.165, 1.54) is 5.57 Å². The third-order valence-electron chi connectivity index (χ3n) is 16.2. The minimum absolute atomic E-state index is 0.0334. The molecule has 4 saturated carbocycles. The Morgan fingerprint density at radius 3 is 2.21 bits per heavy atom. The van der Waals surface area contributed by atoms with Gasteiger partial charge in [0.25, 0.3) is 5.91 Å². The zero-order chi connectivity index (χ0) is 38.2. The van der Waals surface area contributed by atoms with E-state index in [-0.39, 0.29) is 51.4 Å². The van der Waals surface area contributed by atoms with Gasteiger partial charge in [0, 0.05) is 36.4 Å². The molecule has 0 heterocycles. The first-order valence-electron chi connectivity index (χ1n) is 20.2. The molecule has 8 atom stereocenters. The van der Waals surface area contributed by atoms with Gasteiger partial charge < -0.3 is 14.7 Å². The Bertz CT molecular complexity index is 1640. The highest BCUT2D eigenvalue weighted by atomic mass is 16.5. The molecule has 0 aromatic heterocycles. The van der Waals surface area contributed by atoms with Crippen molar-refractivity contribution >= 4 is 23.6 Å². The summed E-state index contributed by atoms with van der Waals surface area (Å²) in [5.74, 6) is 0.393. The largest absolute Gasteiger partial charge is 0.481 e. The molecule has 0 radical (unpaired) electrons. The first kappa shape index (κ1) is 38.8. The van der Waals surface area contributed by atoms with Gasteiger partial charge >= 0.3 is 11.9 Å². The van der Waals surface area contributed by atoms with E-state index < -0.39 is 17.4 Å². The minimum atomic E-state index is -1.16. The van der Waals surface area contributed by atoms with Crippen LogP contribution in [0.5, 0.6) is 0 Å². The number of nitrogens with zero attached hydrogens (tertiary/aromatic N) is 1. The second-order valence-electron chi connectivity index (χ2n) is 20.0. The molecular formula is C45H65NO6. The predicted molar refractivity (Wildman–Crippen MR) is 203 cm³/mol. The lowest BCUT2D eigenvalue weighted by atomic mass is 9.33. The van der Waals surface area contributed by atoms with E-state index in [9.17, 15) is 24.3 Å². The van der Waals surface area contributed by atoms with E-state index in [1.807, 2.05) is 42.3 Å². The zero-order valence-corrected chi connectivity index (χ0v) is 33.7. The summed E-state index contributed by atoms with van der Waals surface area (Å²) in [5.41, 5.74) is 1.90. The predicted octanol–water partition coefficient (Wildman–Crippen LogP) is 9.54. The summed E-state index contributed by atoms with van der Waals surface area (Å²) in [4.78, 5) is 54.1. The van der Waals surface area contributed by atoms with Crippen molar-refractivity contribution in [1.29, 1.82) is 0 Å². The van der Waals surface area contributed by atoms with Crippen LogP contribution in [0.25, 0.3) is 0 Å². The smallest absolute Gasteiger partial charge is 0.309 e. The van der Waals surface area contributed by atoms with Crippen LogP contribution in [0.4, 0.5) is 0 Å². The van der Waals surface area contributed by atoms with E-state index >= 15 is 0 Å². The maximum atomic E-state index is 14.1. The fourth-order valence-electron chi connectivity index (χ4n) is 13.2. The summed E-state index contributed by atoms with van der Waals surface area (Å²) in [6, 6.07) is 9.50. The number of benzene rings is 1. The number of allylic oxidation sites excluding steroid dienone is 2. The molecule has 1 aromatic rings. The van der Waals surface area contributed by atoms with Crippen molar-refractivity contribution in [2.45, 2.75) is 139 Å². The molecule has 52 heavy (non-hydrogen) atoms. The van der Waals surface area contributed by atoms with Gasteiger partial charge in [-0.25, -0.2) is 0 Å². The number of esters is 1. The average molecular weight is 716 g/mol. The number of hydrogen-bond donors (Lipinski definition) is 1. The summed E-state index contributed by atoms with van der Waals surface area (Å²) in [7, 11) is 1.90. The Morgan fingerprint density at radius 2 is 1.58 bits per heavy atom. The topological polar surface area (TPSA) is 101 Å². The molecule has 5 aliphatic rings. The van der Waals surface area contributed by atoms with Gasteiger partial charge in [0.15, 0.2) is 5.78 Å². The number of ketones is 1. The standard InChI is InChI=1S/C45H65NO6/c1-28(2)36-31(47)26-45(24-25-46(10)38(49)29-14-12-11-13-15-29)23-22-43(8)30(37(36)45)16-17-33-42(7)20-19-34(52-35(48)27-40(3,4)39(50)51)41(5,6)32(42)18-21-44(33,43)9/h11-15,28,30,32-34H,16-27H2,1-10H3,(H,50,51)/t30-,32?,33?,34+,42+,43-,44-,45-/m1/s1. The van der Waals surface area contributed by atoms with E-state index in [4.69, 9.17) is 4.74 Å². The molecule has 286 valence electrons. The minimum Gasteiger partial charge on any atom is -0.481 e. The fraction of sp³-hybridized carbons (Fsp3) is 0.733. The molecule has 4 fully saturated rings. The molecule has 1 aromatic carbocycles. The molecular weight excluding hydrogens is 650 g/mol. The number of carbonyl (C=O) groups excluding carboxylic acids is 3. The second-order valence-corrected chi connectivity index (χ2v) is 20.0. The third-order valence-corrected chi connectivity index (χ3v) is 16.2. The second kappa shape index (κ2) is 13.1. The number of fused-ring (bicyclic) bond motifs is 7. The molecule has 1 amide bonds. The van der Waals surface area contributed by atoms with Crippen LogP contribution in [-0.2, 0) is 19.1 Å². The average Bonchev–Trinajstić information content (AvgIpc) is 3.37. The number of ether oxygens (including phenoxy) is 1. The monoisotopic (exact) mass is 715 g/mol. The van der Waals surface area contributed by atoms with Crippen LogP contribution in [0.1, 0.15) is 143 Å². The number of hydrogen-bond acceptors (Lipinski definition) is 5. The van der Waals surface area contributed by atoms with Crippen LogP contribution in [0.2, 0.25) is 0 Å². The number of Topliss-reactive ketones (excluding diaryl/α,β-unsaturated/α-hetero) is 1. The van der Waals surface area contributed by atoms with Gasteiger partial charge in [-0.1, -0.05) is 72.2 Å². The maximum absolute atomic E-state index is 14.1. The summed E-state index contributed by atoms with van der Waals surface area (Å²) >= 11 is 0. The van der Waals surface area contributed by atoms with Gasteiger partial charge in [0.1, 0.15) is 6.10 Å². The summed E-state index contributed by atoms with van der Waals surface area (Å²) in [5, 5.41) is 9.61. The van der Waals surface area contributed by atoms with E-state index in [0.717, 1.165) is 63.4 Å². The van der Waals surface area contributed by atoms with Crippen LogP contribution < -0.4 is 0 Å². The van der Waals surface area contributed by atoms with E-state index in [1.54, 1.807) is 13.8 Å². The highest BCUT2D eigenvalue weighted by molar-refractivity contribution is 6.00. The normalized spacial score (nSPS) is 36.7. The van der Waals surface area contributed by atoms with Crippen molar-refractivity contribution in [3.05, 3.63) is 47.0 Å². The quantitative estimate of drug-likeness (QED) is 0.256. The Labute approximate surface area is 312 Å². The zero-order valence-electron chi connectivity index (χ0n) is 33.7. The molecule has 0 bridgehead atoms. The van der Waals surface area contributed by atoms with Crippen molar-refractivity contribution in [3.8, 4) is 0 Å². The number of amides is 1. The number of rotatable bonds is 9. The molecule has 6 rings (SSSR count). The number of carbonyl (C=O) groups is 4. The Balaban J connectivity index is 1.26. The fourth-order valence-corrected chi connectivity index (χ4v) is 13.2. The molecule has 1 N–H and O–H groups in total. The first-order chi connectivity index (χ1) is 24.1. The molecule has 0 spiro atoms. The lowest BCUT2D eigenvalue weighted by Crippen LogP contribution is -2.65. The van der Waals surface area contributed by atoms with Crippen LogP contribution in [0.15, 0.2) is 41.5 Å². The Kier molecular flexibility index (Phi) is 9.77.